The molecule has 0 unspecified atom stereocenters. The average Bonchev–Trinajstić information content (AvgIpc) is 2.97. The van der Waals surface area contributed by atoms with Crippen molar-refractivity contribution >= 4 is 21.6 Å². The number of hydrogen-bond acceptors (Lipinski definition) is 4. The molecule has 1 atom stereocenters. The van der Waals surface area contributed by atoms with Crippen molar-refractivity contribution in [1.82, 2.24) is 4.72 Å². The van der Waals surface area contributed by atoms with Crippen LogP contribution in [0.15, 0.2) is 47.4 Å². The van der Waals surface area contributed by atoms with E-state index in [0.29, 0.717) is 18.5 Å². The number of nitriles is 1. The number of anilines is 1. The van der Waals surface area contributed by atoms with Gasteiger partial charge in [-0.05, 0) is 67.8 Å². The van der Waals surface area contributed by atoms with Crippen LogP contribution in [0.2, 0.25) is 0 Å². The Morgan fingerprint density at radius 3 is 2.42 bits per heavy atom. The number of nitrogens with one attached hydrogen (secondary N) is 1. The molecule has 0 bridgehead atoms. The lowest BCUT2D eigenvalue weighted by Gasteiger charge is -2.18. The molecule has 1 N–H and O–H groups in total. The molecular weight excluding hydrogens is 350 g/mol. The third-order valence-electron chi connectivity index (χ3n) is 4.60. The van der Waals surface area contributed by atoms with Gasteiger partial charge in [0, 0.05) is 12.2 Å². The first kappa shape index (κ1) is 18.1. The molecule has 0 radical (unpaired) electrons. The van der Waals surface area contributed by atoms with Crippen LogP contribution in [-0.2, 0) is 14.8 Å². The fourth-order valence-electron chi connectivity index (χ4n) is 2.90. The number of nitrogens with zero attached hydrogens (tertiary/aromatic N) is 2. The van der Waals surface area contributed by atoms with E-state index in [2.05, 4.69) is 4.72 Å². The second-order valence-corrected chi connectivity index (χ2v) is 8.07. The minimum Gasteiger partial charge on any atom is -0.311 e. The van der Waals surface area contributed by atoms with Crippen molar-refractivity contribution in [1.29, 1.82) is 5.26 Å². The van der Waals surface area contributed by atoms with Gasteiger partial charge in [0.25, 0.3) is 0 Å². The van der Waals surface area contributed by atoms with Gasteiger partial charge in [0.05, 0.1) is 16.5 Å². The predicted octanol–water partition coefficient (Wildman–Crippen LogP) is 2.26. The van der Waals surface area contributed by atoms with Gasteiger partial charge >= 0.3 is 0 Å². The van der Waals surface area contributed by atoms with E-state index >= 15 is 0 Å². The highest BCUT2D eigenvalue weighted by Gasteiger charge is 2.35. The number of sulfonamides is 1. The molecule has 0 aromatic heterocycles. The summed E-state index contributed by atoms with van der Waals surface area (Å²) in [6.45, 7) is 4.44. The zero-order valence-corrected chi connectivity index (χ0v) is 15.4. The molecule has 3 rings (SSSR count). The molecule has 134 valence electrons. The lowest BCUT2D eigenvalue weighted by atomic mass is 10.1. The number of aryl methyl sites for hydroxylation is 2. The number of benzene rings is 2. The van der Waals surface area contributed by atoms with Gasteiger partial charge in [0.15, 0.2) is 0 Å². The Bertz CT molecular complexity index is 992. The first-order chi connectivity index (χ1) is 12.3. The third kappa shape index (κ3) is 3.47. The first-order valence-electron chi connectivity index (χ1n) is 8.23. The van der Waals surface area contributed by atoms with Crippen LogP contribution in [-0.4, -0.2) is 26.9 Å². The van der Waals surface area contributed by atoms with Gasteiger partial charge in [-0.3, -0.25) is 4.79 Å². The van der Waals surface area contributed by atoms with Gasteiger partial charge in [-0.1, -0.05) is 6.07 Å². The number of carbonyl (C=O) groups is 1. The Hall–Kier alpha value is -2.69. The maximum atomic E-state index is 12.7. The summed E-state index contributed by atoms with van der Waals surface area (Å²) in [7, 11) is -3.83. The number of amides is 1. The summed E-state index contributed by atoms with van der Waals surface area (Å²) in [6, 6.07) is 12.5. The average molecular weight is 369 g/mol. The maximum absolute atomic E-state index is 12.7. The highest BCUT2D eigenvalue weighted by molar-refractivity contribution is 7.89. The van der Waals surface area contributed by atoms with E-state index in [9.17, 15) is 13.2 Å². The van der Waals surface area contributed by atoms with E-state index in [1.54, 1.807) is 4.90 Å². The minimum atomic E-state index is -3.83. The van der Waals surface area contributed by atoms with Gasteiger partial charge in [0.2, 0.25) is 15.9 Å². The minimum absolute atomic E-state index is 0.0360. The van der Waals surface area contributed by atoms with Crippen LogP contribution in [0.1, 0.15) is 23.1 Å². The zero-order chi connectivity index (χ0) is 18.9. The fourth-order valence-corrected chi connectivity index (χ4v) is 4.13. The van der Waals surface area contributed by atoms with Crippen LogP contribution in [0.5, 0.6) is 0 Å². The van der Waals surface area contributed by atoms with Crippen molar-refractivity contribution in [2.24, 2.45) is 0 Å². The number of carbonyl (C=O) groups excluding carboxylic acids is 1. The van der Waals surface area contributed by atoms with Gasteiger partial charge in [-0.25, -0.2) is 8.42 Å². The smallest absolute Gasteiger partial charge is 0.245 e. The van der Waals surface area contributed by atoms with Crippen molar-refractivity contribution in [3.63, 3.8) is 0 Å². The second kappa shape index (κ2) is 6.90. The van der Waals surface area contributed by atoms with Crippen LogP contribution in [0.25, 0.3) is 0 Å². The predicted molar refractivity (Wildman–Crippen MR) is 98.2 cm³/mol. The maximum Gasteiger partial charge on any atom is 0.245 e. The van der Waals surface area contributed by atoms with E-state index in [1.807, 2.05) is 38.1 Å². The third-order valence-corrected chi connectivity index (χ3v) is 6.09. The molecule has 1 aliphatic rings. The van der Waals surface area contributed by atoms with E-state index in [4.69, 9.17) is 5.26 Å². The summed E-state index contributed by atoms with van der Waals surface area (Å²) in [4.78, 5) is 14.3. The van der Waals surface area contributed by atoms with Crippen molar-refractivity contribution in [3.8, 4) is 6.07 Å². The Kier molecular flexibility index (Phi) is 4.81. The van der Waals surface area contributed by atoms with Gasteiger partial charge in [0.1, 0.15) is 6.04 Å². The second-order valence-electron chi connectivity index (χ2n) is 6.36. The largest absolute Gasteiger partial charge is 0.311 e. The highest BCUT2D eigenvalue weighted by atomic mass is 32.2. The molecule has 7 heteroatoms. The molecule has 26 heavy (non-hydrogen) atoms. The Balaban J connectivity index is 1.77. The Morgan fingerprint density at radius 2 is 1.81 bits per heavy atom. The van der Waals surface area contributed by atoms with E-state index < -0.39 is 16.1 Å². The lowest BCUT2D eigenvalue weighted by molar-refractivity contribution is -0.118. The molecule has 0 saturated carbocycles. The topological polar surface area (TPSA) is 90.3 Å². The summed E-state index contributed by atoms with van der Waals surface area (Å²) in [5.74, 6) is -0.259. The Morgan fingerprint density at radius 1 is 1.12 bits per heavy atom. The standard InChI is InChI=1S/C19H19N3O3S/c1-13-3-6-16(11-14(13)2)22-10-9-18(19(22)23)21-26(24,25)17-7-4-15(12-20)5-8-17/h3-8,11,18,21H,9-10H2,1-2H3/t18-/m0/s1. The molecular formula is C19H19N3O3S. The molecule has 1 fully saturated rings. The van der Waals surface area contributed by atoms with Crippen molar-refractivity contribution in [3.05, 3.63) is 59.2 Å². The summed E-state index contributed by atoms with van der Waals surface area (Å²) >= 11 is 0. The fraction of sp³-hybridized carbons (Fsp3) is 0.263. The molecule has 1 saturated heterocycles. The van der Waals surface area contributed by atoms with Gasteiger partial charge < -0.3 is 4.90 Å². The molecule has 1 amide bonds. The van der Waals surface area contributed by atoms with Crippen molar-refractivity contribution in [2.75, 3.05) is 11.4 Å². The normalized spacial score (nSPS) is 17.3. The molecule has 2 aromatic carbocycles. The Labute approximate surface area is 153 Å². The highest BCUT2D eigenvalue weighted by Crippen LogP contribution is 2.25. The molecule has 1 aliphatic heterocycles. The summed E-state index contributed by atoms with van der Waals surface area (Å²) in [6.07, 6.45) is 0.404. The van der Waals surface area contributed by atoms with Crippen LogP contribution in [0.3, 0.4) is 0 Å². The van der Waals surface area contributed by atoms with Crippen LogP contribution in [0.4, 0.5) is 5.69 Å². The van der Waals surface area contributed by atoms with E-state index in [0.717, 1.165) is 16.8 Å². The monoisotopic (exact) mass is 369 g/mol. The van der Waals surface area contributed by atoms with Crippen LogP contribution in [0, 0.1) is 25.2 Å². The van der Waals surface area contributed by atoms with E-state index in [1.165, 1.54) is 24.3 Å². The van der Waals surface area contributed by atoms with Crippen molar-refractivity contribution in [2.45, 2.75) is 31.2 Å². The molecule has 0 aliphatic carbocycles. The molecule has 1 heterocycles. The summed E-state index contributed by atoms with van der Waals surface area (Å²) in [5.41, 5.74) is 3.37. The van der Waals surface area contributed by atoms with Gasteiger partial charge in [-0.2, -0.15) is 9.98 Å². The van der Waals surface area contributed by atoms with Crippen LogP contribution >= 0.6 is 0 Å². The number of hydrogen-bond donors (Lipinski definition) is 1. The molecule has 0 spiro atoms. The molecule has 6 nitrogen and oxygen atoms in total. The quantitative estimate of drug-likeness (QED) is 0.895. The summed E-state index contributed by atoms with van der Waals surface area (Å²) in [5, 5.41) is 8.80. The summed E-state index contributed by atoms with van der Waals surface area (Å²) < 4.78 is 27.5. The van der Waals surface area contributed by atoms with Gasteiger partial charge in [-0.15, -0.1) is 0 Å². The number of rotatable bonds is 4. The SMILES string of the molecule is Cc1ccc(N2CC[C@H](NS(=O)(=O)c3ccc(C#N)cc3)C2=O)cc1C. The zero-order valence-electron chi connectivity index (χ0n) is 14.6. The lowest BCUT2D eigenvalue weighted by Crippen LogP contribution is -2.41. The van der Waals surface area contributed by atoms with Crippen molar-refractivity contribution < 1.29 is 13.2 Å². The van der Waals surface area contributed by atoms with Crippen LogP contribution < -0.4 is 9.62 Å². The first-order valence-corrected chi connectivity index (χ1v) is 9.71. The van der Waals surface area contributed by atoms with E-state index in [-0.39, 0.29) is 10.8 Å². The molecule has 2 aromatic rings.